The highest BCUT2D eigenvalue weighted by Gasteiger charge is 2.34. The van der Waals surface area contributed by atoms with Crippen LogP contribution in [0.3, 0.4) is 0 Å². The first kappa shape index (κ1) is 21.9. The molecular weight excluding hydrogens is 414 g/mol. The summed E-state index contributed by atoms with van der Waals surface area (Å²) >= 11 is 6.52. The fraction of sp³-hybridized carbons (Fsp3) is 0.500. The number of hydrogen-bond donors (Lipinski definition) is 1. The van der Waals surface area contributed by atoms with Crippen molar-refractivity contribution < 1.29 is 14.3 Å². The molecule has 4 rings (SSSR count). The van der Waals surface area contributed by atoms with Crippen LogP contribution < -0.4 is 10.1 Å². The van der Waals surface area contributed by atoms with Gasteiger partial charge in [0.05, 0.1) is 17.7 Å². The van der Waals surface area contributed by atoms with Crippen molar-refractivity contribution in [2.45, 2.75) is 37.5 Å². The maximum absolute atomic E-state index is 12.7. The van der Waals surface area contributed by atoms with E-state index in [1.165, 1.54) is 12.0 Å². The summed E-state index contributed by atoms with van der Waals surface area (Å²) in [5, 5.41) is 3.91. The Labute approximate surface area is 188 Å². The van der Waals surface area contributed by atoms with E-state index in [0.717, 1.165) is 57.7 Å². The van der Waals surface area contributed by atoms with E-state index in [1.54, 1.807) is 19.4 Å². The first-order valence-electron chi connectivity index (χ1n) is 11.0. The van der Waals surface area contributed by atoms with E-state index in [1.807, 2.05) is 17.0 Å². The molecule has 166 valence electrons. The minimum atomic E-state index is -0.0716. The molecule has 2 aliphatic rings. The Bertz CT molecular complexity index is 891. The average molecular weight is 444 g/mol. The topological polar surface area (TPSA) is 63.7 Å². The third-order valence-electron chi connectivity index (χ3n) is 6.48. The Morgan fingerprint density at radius 1 is 1.19 bits per heavy atom. The second-order valence-corrected chi connectivity index (χ2v) is 8.79. The van der Waals surface area contributed by atoms with Crippen molar-refractivity contribution >= 4 is 23.3 Å². The minimum Gasteiger partial charge on any atom is -0.497 e. The zero-order chi connectivity index (χ0) is 21.7. The summed E-state index contributed by atoms with van der Waals surface area (Å²) in [6.45, 7) is 3.75. The fourth-order valence-corrected chi connectivity index (χ4v) is 4.72. The van der Waals surface area contributed by atoms with Crippen molar-refractivity contribution in [2.75, 3.05) is 45.3 Å². The Kier molecular flexibility index (Phi) is 6.98. The van der Waals surface area contributed by atoms with Gasteiger partial charge < -0.3 is 19.7 Å². The van der Waals surface area contributed by atoms with Crippen LogP contribution in [0.4, 0.5) is 5.82 Å². The summed E-state index contributed by atoms with van der Waals surface area (Å²) < 4.78 is 10.9. The van der Waals surface area contributed by atoms with Gasteiger partial charge in [-0.1, -0.05) is 23.7 Å². The Morgan fingerprint density at radius 3 is 2.55 bits per heavy atom. The molecule has 2 saturated heterocycles. The summed E-state index contributed by atoms with van der Waals surface area (Å²) in [7, 11) is 1.67. The van der Waals surface area contributed by atoms with E-state index in [4.69, 9.17) is 21.1 Å². The zero-order valence-corrected chi connectivity index (χ0v) is 18.8. The molecule has 1 N–H and O–H groups in total. The largest absolute Gasteiger partial charge is 0.497 e. The summed E-state index contributed by atoms with van der Waals surface area (Å²) in [6.07, 6.45) is 6.76. The Hall–Kier alpha value is -2.31. The number of carbonyl (C=O) groups is 1. The number of hydrogen-bond acceptors (Lipinski definition) is 5. The molecule has 0 aliphatic carbocycles. The van der Waals surface area contributed by atoms with Gasteiger partial charge in [0.15, 0.2) is 0 Å². The molecule has 0 atom stereocenters. The molecule has 1 amide bonds. The van der Waals surface area contributed by atoms with Gasteiger partial charge in [0, 0.05) is 44.5 Å². The third kappa shape index (κ3) is 4.96. The highest BCUT2D eigenvalue weighted by atomic mass is 35.5. The summed E-state index contributed by atoms with van der Waals surface area (Å²) in [4.78, 5) is 19.1. The number of rotatable bonds is 6. The van der Waals surface area contributed by atoms with Gasteiger partial charge in [0.25, 0.3) is 5.91 Å². The number of anilines is 1. The molecule has 0 bridgehead atoms. The van der Waals surface area contributed by atoms with Crippen LogP contribution in [0.2, 0.25) is 5.02 Å². The highest BCUT2D eigenvalue weighted by molar-refractivity contribution is 6.33. The van der Waals surface area contributed by atoms with Crippen LogP contribution in [0.1, 0.15) is 48.0 Å². The minimum absolute atomic E-state index is 0.0137. The number of halogens is 1. The molecule has 2 aromatic rings. The molecule has 0 unspecified atom stereocenters. The molecule has 0 spiro atoms. The average Bonchev–Trinajstić information content (AvgIpc) is 2.84. The number of piperidine rings is 1. The molecule has 0 radical (unpaired) electrons. The van der Waals surface area contributed by atoms with Crippen molar-refractivity contribution in [2.24, 2.45) is 0 Å². The van der Waals surface area contributed by atoms with Gasteiger partial charge in [-0.2, -0.15) is 0 Å². The van der Waals surface area contributed by atoms with Crippen LogP contribution in [-0.4, -0.2) is 55.7 Å². The van der Waals surface area contributed by atoms with Gasteiger partial charge in [-0.15, -0.1) is 0 Å². The monoisotopic (exact) mass is 443 g/mol. The smallest absolute Gasteiger partial charge is 0.255 e. The molecule has 3 heterocycles. The molecule has 7 heteroatoms. The number of aromatic nitrogens is 1. The van der Waals surface area contributed by atoms with Gasteiger partial charge in [-0.3, -0.25) is 4.79 Å². The lowest BCUT2D eigenvalue weighted by atomic mass is 9.74. The molecular formula is C24H30ClN3O3. The number of methoxy groups -OCH3 is 1. The first-order valence-corrected chi connectivity index (χ1v) is 11.4. The number of carbonyl (C=O) groups excluding carboxylic acids is 1. The first-order chi connectivity index (χ1) is 15.1. The van der Waals surface area contributed by atoms with E-state index in [2.05, 4.69) is 22.4 Å². The number of ether oxygens (including phenoxy) is 2. The molecule has 1 aromatic carbocycles. The van der Waals surface area contributed by atoms with Crippen LogP contribution in [0, 0.1) is 0 Å². The van der Waals surface area contributed by atoms with Gasteiger partial charge in [0.1, 0.15) is 11.6 Å². The fourth-order valence-electron chi connectivity index (χ4n) is 4.49. The normalized spacial score (nSPS) is 18.5. The van der Waals surface area contributed by atoms with E-state index >= 15 is 0 Å². The van der Waals surface area contributed by atoms with Crippen molar-refractivity contribution in [3.05, 3.63) is 52.7 Å². The van der Waals surface area contributed by atoms with Crippen LogP contribution >= 0.6 is 11.6 Å². The molecule has 0 saturated carbocycles. The quantitative estimate of drug-likeness (QED) is 0.710. The van der Waals surface area contributed by atoms with Crippen LogP contribution in [0.5, 0.6) is 5.75 Å². The van der Waals surface area contributed by atoms with E-state index in [0.29, 0.717) is 22.9 Å². The van der Waals surface area contributed by atoms with Crippen LogP contribution in [0.15, 0.2) is 36.5 Å². The predicted octanol–water partition coefficient (Wildman–Crippen LogP) is 4.53. The van der Waals surface area contributed by atoms with E-state index in [9.17, 15) is 4.79 Å². The summed E-state index contributed by atoms with van der Waals surface area (Å²) in [6, 6.07) is 9.98. The third-order valence-corrected chi connectivity index (χ3v) is 6.77. The standard InChI is InChI=1S/C24H30ClN3O3/c1-30-20-7-5-19(6-8-20)24(9-13-31-14-10-24)17-27-22-21(25)15-18(16-26-22)23(29)28-11-3-2-4-12-28/h5-8,15-16H,2-4,9-14,17H2,1H3,(H,26,27). The second-order valence-electron chi connectivity index (χ2n) is 8.38. The Balaban J connectivity index is 1.48. The van der Waals surface area contributed by atoms with Crippen molar-refractivity contribution in [3.63, 3.8) is 0 Å². The number of nitrogens with zero attached hydrogens (tertiary/aromatic N) is 2. The number of benzene rings is 1. The second kappa shape index (κ2) is 9.88. The number of amides is 1. The van der Waals surface area contributed by atoms with Gasteiger partial charge in [-0.25, -0.2) is 4.98 Å². The summed E-state index contributed by atoms with van der Waals surface area (Å²) in [5.41, 5.74) is 1.73. The maximum atomic E-state index is 12.7. The number of likely N-dealkylation sites (tertiary alicyclic amines) is 1. The van der Waals surface area contributed by atoms with Crippen LogP contribution in [0.25, 0.3) is 0 Å². The molecule has 2 fully saturated rings. The molecule has 1 aromatic heterocycles. The van der Waals surface area contributed by atoms with Crippen LogP contribution in [-0.2, 0) is 10.2 Å². The van der Waals surface area contributed by atoms with Crippen molar-refractivity contribution in [1.29, 1.82) is 0 Å². The van der Waals surface area contributed by atoms with E-state index < -0.39 is 0 Å². The maximum Gasteiger partial charge on any atom is 0.255 e. The van der Waals surface area contributed by atoms with Gasteiger partial charge in [0.2, 0.25) is 0 Å². The number of pyridine rings is 1. The van der Waals surface area contributed by atoms with Gasteiger partial charge >= 0.3 is 0 Å². The lowest BCUT2D eigenvalue weighted by molar-refractivity contribution is 0.0543. The molecule has 6 nitrogen and oxygen atoms in total. The van der Waals surface area contributed by atoms with Crippen molar-refractivity contribution in [1.82, 2.24) is 9.88 Å². The predicted molar refractivity (Wildman–Crippen MR) is 122 cm³/mol. The molecule has 31 heavy (non-hydrogen) atoms. The zero-order valence-electron chi connectivity index (χ0n) is 18.0. The lowest BCUT2D eigenvalue weighted by Crippen LogP contribution is -2.40. The highest BCUT2D eigenvalue weighted by Crippen LogP contribution is 2.36. The number of nitrogens with one attached hydrogen (secondary N) is 1. The summed E-state index contributed by atoms with van der Waals surface area (Å²) in [5.74, 6) is 1.47. The lowest BCUT2D eigenvalue weighted by Gasteiger charge is -2.38. The van der Waals surface area contributed by atoms with Gasteiger partial charge in [-0.05, 0) is 55.9 Å². The SMILES string of the molecule is COc1ccc(C2(CNc3ncc(C(=O)N4CCCCC4)cc3Cl)CCOCC2)cc1. The Morgan fingerprint density at radius 2 is 1.90 bits per heavy atom. The molecule has 2 aliphatic heterocycles. The van der Waals surface area contributed by atoms with E-state index in [-0.39, 0.29) is 11.3 Å². The van der Waals surface area contributed by atoms with Crippen molar-refractivity contribution in [3.8, 4) is 5.75 Å².